The number of pyridine rings is 2. The van der Waals surface area contributed by atoms with E-state index in [1.54, 1.807) is 12.4 Å². The number of aryl methyl sites for hydroxylation is 1. The topological polar surface area (TPSA) is 58.5 Å². The van der Waals surface area contributed by atoms with Crippen LogP contribution in [0.25, 0.3) is 0 Å². The molecule has 1 N–H and O–H groups in total. The van der Waals surface area contributed by atoms with Gasteiger partial charge in [-0.25, -0.2) is 0 Å². The van der Waals surface area contributed by atoms with Crippen molar-refractivity contribution in [1.29, 1.82) is 0 Å². The largest absolute Gasteiger partial charge is 0.487 e. The van der Waals surface area contributed by atoms with Crippen molar-refractivity contribution in [2.24, 2.45) is 11.8 Å². The molecule has 1 unspecified atom stereocenters. The minimum absolute atomic E-state index is 0.252. The third-order valence-electron chi connectivity index (χ3n) is 6.89. The number of hydrogen-bond donors (Lipinski definition) is 1. The maximum Gasteiger partial charge on any atom is 0.130 e. The molecule has 5 heteroatoms. The van der Waals surface area contributed by atoms with Crippen molar-refractivity contribution >= 4 is 0 Å². The molecule has 0 spiro atoms. The standard InChI is InChI=1S/C26H29N3O2/c1-19-5-4-14-28-25(19)26(30)12-11-21-16-29(17-24(21)26)15-20-7-9-23(10-8-20)31-18-22-6-2-3-13-27-22/h2-10,13-14,21,24,30H,11-12,15-18H2,1H3/t21?,24-,26+/m0/s1. The number of ether oxygens (including phenoxy) is 1. The zero-order valence-corrected chi connectivity index (χ0v) is 17.9. The fourth-order valence-electron chi connectivity index (χ4n) is 5.34. The van der Waals surface area contributed by atoms with Crippen molar-refractivity contribution < 1.29 is 9.84 Å². The third kappa shape index (κ3) is 4.08. The smallest absolute Gasteiger partial charge is 0.130 e. The molecule has 1 aliphatic heterocycles. The monoisotopic (exact) mass is 415 g/mol. The van der Waals surface area contributed by atoms with Crippen LogP contribution in [0.2, 0.25) is 0 Å². The Morgan fingerprint density at radius 1 is 1.03 bits per heavy atom. The zero-order valence-electron chi connectivity index (χ0n) is 17.9. The predicted molar refractivity (Wildman–Crippen MR) is 119 cm³/mol. The van der Waals surface area contributed by atoms with E-state index in [0.717, 1.165) is 55.2 Å². The summed E-state index contributed by atoms with van der Waals surface area (Å²) >= 11 is 0. The summed E-state index contributed by atoms with van der Waals surface area (Å²) in [6, 6.07) is 18.2. The number of aromatic nitrogens is 2. The lowest BCUT2D eigenvalue weighted by Gasteiger charge is -2.31. The van der Waals surface area contributed by atoms with Crippen molar-refractivity contribution in [3.63, 3.8) is 0 Å². The lowest BCUT2D eigenvalue weighted by molar-refractivity contribution is -0.0114. The van der Waals surface area contributed by atoms with Crippen LogP contribution in [0.3, 0.4) is 0 Å². The Kier molecular flexibility index (Phi) is 5.47. The summed E-state index contributed by atoms with van der Waals surface area (Å²) in [6.07, 6.45) is 5.46. The molecule has 160 valence electrons. The van der Waals surface area contributed by atoms with Gasteiger partial charge in [-0.1, -0.05) is 24.3 Å². The molecule has 2 fully saturated rings. The summed E-state index contributed by atoms with van der Waals surface area (Å²) < 4.78 is 5.85. The molecule has 31 heavy (non-hydrogen) atoms. The minimum atomic E-state index is -0.798. The van der Waals surface area contributed by atoms with Gasteiger partial charge < -0.3 is 9.84 Å². The number of fused-ring (bicyclic) bond motifs is 1. The van der Waals surface area contributed by atoms with Gasteiger partial charge in [0.1, 0.15) is 18.0 Å². The van der Waals surface area contributed by atoms with Crippen LogP contribution in [-0.2, 0) is 18.8 Å². The van der Waals surface area contributed by atoms with Crippen molar-refractivity contribution in [3.8, 4) is 5.75 Å². The molecule has 3 aromatic rings. The molecule has 0 bridgehead atoms. The van der Waals surface area contributed by atoms with Crippen molar-refractivity contribution in [3.05, 3.63) is 89.5 Å². The van der Waals surface area contributed by atoms with Gasteiger partial charge in [0.25, 0.3) is 0 Å². The molecular formula is C26H29N3O2. The minimum Gasteiger partial charge on any atom is -0.487 e. The Morgan fingerprint density at radius 3 is 2.65 bits per heavy atom. The van der Waals surface area contributed by atoms with Crippen molar-refractivity contribution in [1.82, 2.24) is 14.9 Å². The highest BCUT2D eigenvalue weighted by Gasteiger charge is 2.53. The number of benzene rings is 1. The van der Waals surface area contributed by atoms with Crippen LogP contribution in [-0.4, -0.2) is 33.1 Å². The third-order valence-corrected chi connectivity index (χ3v) is 6.89. The van der Waals surface area contributed by atoms with Crippen molar-refractivity contribution in [2.45, 2.75) is 38.5 Å². The summed E-state index contributed by atoms with van der Waals surface area (Å²) in [5.74, 6) is 1.64. The van der Waals surface area contributed by atoms with Gasteiger partial charge >= 0.3 is 0 Å². The first-order chi connectivity index (χ1) is 15.1. The lowest BCUT2D eigenvalue weighted by atomic mass is 9.83. The lowest BCUT2D eigenvalue weighted by Crippen LogP contribution is -2.36. The number of rotatable bonds is 6. The molecule has 3 atom stereocenters. The average molecular weight is 416 g/mol. The molecule has 0 radical (unpaired) electrons. The molecule has 5 rings (SSSR count). The van der Waals surface area contributed by atoms with E-state index in [2.05, 4.69) is 40.0 Å². The predicted octanol–water partition coefficient (Wildman–Crippen LogP) is 4.09. The first-order valence-electron chi connectivity index (χ1n) is 11.1. The van der Waals surface area contributed by atoms with Crippen molar-refractivity contribution in [2.75, 3.05) is 13.1 Å². The highest BCUT2D eigenvalue weighted by Crippen LogP contribution is 2.50. The summed E-state index contributed by atoms with van der Waals surface area (Å²) in [5.41, 5.74) is 3.35. The molecule has 5 nitrogen and oxygen atoms in total. The van der Waals surface area contributed by atoms with Crippen LogP contribution in [0.4, 0.5) is 0 Å². The number of hydrogen-bond acceptors (Lipinski definition) is 5. The van der Waals surface area contributed by atoms with E-state index in [9.17, 15) is 5.11 Å². The van der Waals surface area contributed by atoms with E-state index in [-0.39, 0.29) is 5.92 Å². The molecule has 1 saturated heterocycles. The van der Waals surface area contributed by atoms with Gasteiger partial charge in [-0.3, -0.25) is 14.9 Å². The summed E-state index contributed by atoms with van der Waals surface area (Å²) in [6.45, 7) is 5.37. The van der Waals surface area contributed by atoms with Crippen LogP contribution in [0.5, 0.6) is 5.75 Å². The normalized spacial score (nSPS) is 25.5. The second-order valence-corrected chi connectivity index (χ2v) is 8.95. The Hall–Kier alpha value is -2.76. The molecule has 2 aliphatic rings. The summed E-state index contributed by atoms with van der Waals surface area (Å²) in [4.78, 5) is 11.3. The Labute approximate surface area is 183 Å². The Balaban J connectivity index is 1.21. The maximum absolute atomic E-state index is 11.6. The van der Waals surface area contributed by atoms with Gasteiger partial charge in [-0.05, 0) is 67.1 Å². The molecule has 1 aliphatic carbocycles. The SMILES string of the molecule is Cc1cccnc1[C@@]1(O)CCC2CN(Cc3ccc(OCc4ccccn4)cc3)C[C@@H]21. The van der Waals surface area contributed by atoms with Crippen LogP contribution in [0.1, 0.15) is 35.4 Å². The first kappa shape index (κ1) is 20.2. The fourth-order valence-corrected chi connectivity index (χ4v) is 5.34. The summed E-state index contributed by atoms with van der Waals surface area (Å²) in [7, 11) is 0. The van der Waals surface area contributed by atoms with Gasteiger partial charge in [0.15, 0.2) is 0 Å². The zero-order chi connectivity index (χ0) is 21.3. The van der Waals surface area contributed by atoms with Crippen LogP contribution in [0, 0.1) is 18.8 Å². The number of nitrogens with zero attached hydrogens (tertiary/aromatic N) is 3. The maximum atomic E-state index is 11.6. The average Bonchev–Trinajstić information content (AvgIpc) is 3.34. The van der Waals surface area contributed by atoms with E-state index in [0.29, 0.717) is 12.5 Å². The van der Waals surface area contributed by atoms with E-state index >= 15 is 0 Å². The van der Waals surface area contributed by atoms with E-state index in [1.807, 2.05) is 36.4 Å². The molecule has 3 heterocycles. The van der Waals surface area contributed by atoms with Crippen LogP contribution in [0.15, 0.2) is 67.0 Å². The number of likely N-dealkylation sites (tertiary alicyclic amines) is 1. The molecule has 1 aromatic carbocycles. The molecule has 2 aromatic heterocycles. The quantitative estimate of drug-likeness (QED) is 0.657. The first-order valence-corrected chi connectivity index (χ1v) is 11.1. The van der Waals surface area contributed by atoms with Gasteiger partial charge in [0.05, 0.1) is 11.4 Å². The second-order valence-electron chi connectivity index (χ2n) is 8.95. The van der Waals surface area contributed by atoms with E-state index < -0.39 is 5.60 Å². The Bertz CT molecular complexity index is 1020. The molecular weight excluding hydrogens is 386 g/mol. The van der Waals surface area contributed by atoms with Gasteiger partial charge in [0, 0.05) is 37.9 Å². The van der Waals surface area contributed by atoms with Gasteiger partial charge in [-0.15, -0.1) is 0 Å². The highest BCUT2D eigenvalue weighted by atomic mass is 16.5. The highest BCUT2D eigenvalue weighted by molar-refractivity contribution is 5.29. The molecule has 0 amide bonds. The summed E-state index contributed by atoms with van der Waals surface area (Å²) in [5, 5.41) is 11.6. The van der Waals surface area contributed by atoms with Crippen LogP contribution >= 0.6 is 0 Å². The van der Waals surface area contributed by atoms with Gasteiger partial charge in [-0.2, -0.15) is 0 Å². The number of aliphatic hydroxyl groups is 1. The van der Waals surface area contributed by atoms with Crippen LogP contribution < -0.4 is 4.74 Å². The Morgan fingerprint density at radius 2 is 1.87 bits per heavy atom. The van der Waals surface area contributed by atoms with E-state index in [4.69, 9.17) is 4.74 Å². The van der Waals surface area contributed by atoms with Gasteiger partial charge in [0.2, 0.25) is 0 Å². The molecule has 1 saturated carbocycles. The second kappa shape index (κ2) is 8.40. The van der Waals surface area contributed by atoms with E-state index in [1.165, 1.54) is 5.56 Å². The fraction of sp³-hybridized carbons (Fsp3) is 0.385.